The molecule has 1 amide bonds. The molecule has 1 aromatic carbocycles. The minimum Gasteiger partial charge on any atom is -0.398 e. The van der Waals surface area contributed by atoms with E-state index in [1.807, 2.05) is 0 Å². The number of imidazole rings is 1. The third-order valence-electron chi connectivity index (χ3n) is 2.18. The maximum atomic E-state index is 11.7. The molecule has 2 rings (SSSR count). The molecule has 0 aliphatic heterocycles. The standard InChI is InChI=1S/C11H12N4O/c12-9-4-2-1-3-8(9)11(16)15-7-10-13-5-6-14-10/h1-6H,7,12H2,(H,13,14)(H,15,16). The van der Waals surface area contributed by atoms with E-state index in [0.717, 1.165) is 0 Å². The summed E-state index contributed by atoms with van der Waals surface area (Å²) in [4.78, 5) is 18.6. The molecule has 82 valence electrons. The van der Waals surface area contributed by atoms with Crippen molar-refractivity contribution in [2.75, 3.05) is 5.73 Å². The molecular formula is C11H12N4O. The molecule has 0 unspecified atom stereocenters. The predicted octanol–water partition coefficient (Wildman–Crippen LogP) is 0.922. The van der Waals surface area contributed by atoms with Gasteiger partial charge in [0.05, 0.1) is 12.1 Å². The highest BCUT2D eigenvalue weighted by Gasteiger charge is 2.08. The Hall–Kier alpha value is -2.30. The van der Waals surface area contributed by atoms with Crippen molar-refractivity contribution in [3.05, 3.63) is 48.0 Å². The van der Waals surface area contributed by atoms with Crippen molar-refractivity contribution in [1.29, 1.82) is 0 Å². The second-order valence-corrected chi connectivity index (χ2v) is 3.31. The number of aromatic nitrogens is 2. The van der Waals surface area contributed by atoms with Crippen LogP contribution >= 0.6 is 0 Å². The van der Waals surface area contributed by atoms with Gasteiger partial charge in [0.15, 0.2) is 0 Å². The summed E-state index contributed by atoms with van der Waals surface area (Å²) in [5.41, 5.74) is 6.64. The van der Waals surface area contributed by atoms with E-state index in [0.29, 0.717) is 23.6 Å². The normalized spacial score (nSPS) is 10.0. The fraction of sp³-hybridized carbons (Fsp3) is 0.0909. The second kappa shape index (κ2) is 4.48. The van der Waals surface area contributed by atoms with E-state index in [2.05, 4.69) is 15.3 Å². The smallest absolute Gasteiger partial charge is 0.253 e. The van der Waals surface area contributed by atoms with Crippen LogP contribution in [0.25, 0.3) is 0 Å². The summed E-state index contributed by atoms with van der Waals surface area (Å²) in [6, 6.07) is 6.95. The number of hydrogen-bond donors (Lipinski definition) is 3. The Kier molecular flexibility index (Phi) is 2.86. The molecule has 0 spiro atoms. The number of anilines is 1. The first-order valence-electron chi connectivity index (χ1n) is 4.88. The molecule has 0 bridgehead atoms. The number of H-pyrrole nitrogens is 1. The van der Waals surface area contributed by atoms with Crippen LogP contribution in [0.3, 0.4) is 0 Å². The average molecular weight is 216 g/mol. The van der Waals surface area contributed by atoms with Gasteiger partial charge in [-0.1, -0.05) is 12.1 Å². The highest BCUT2D eigenvalue weighted by Crippen LogP contribution is 2.09. The molecule has 0 saturated carbocycles. The summed E-state index contributed by atoms with van der Waals surface area (Å²) in [6.07, 6.45) is 3.34. The lowest BCUT2D eigenvalue weighted by molar-refractivity contribution is 0.0951. The van der Waals surface area contributed by atoms with Crippen molar-refractivity contribution in [1.82, 2.24) is 15.3 Å². The molecule has 5 nitrogen and oxygen atoms in total. The monoisotopic (exact) mass is 216 g/mol. The first-order valence-corrected chi connectivity index (χ1v) is 4.88. The zero-order valence-corrected chi connectivity index (χ0v) is 8.60. The van der Waals surface area contributed by atoms with Gasteiger partial charge in [-0.15, -0.1) is 0 Å². The number of carbonyl (C=O) groups is 1. The third-order valence-corrected chi connectivity index (χ3v) is 2.18. The van der Waals surface area contributed by atoms with Gasteiger partial charge < -0.3 is 16.0 Å². The number of carbonyl (C=O) groups excluding carboxylic acids is 1. The van der Waals surface area contributed by atoms with Crippen LogP contribution in [0.4, 0.5) is 5.69 Å². The third kappa shape index (κ3) is 2.20. The lowest BCUT2D eigenvalue weighted by Crippen LogP contribution is -2.24. The number of hydrogen-bond acceptors (Lipinski definition) is 3. The summed E-state index contributed by atoms with van der Waals surface area (Å²) >= 11 is 0. The van der Waals surface area contributed by atoms with Crippen molar-refractivity contribution in [3.63, 3.8) is 0 Å². The van der Waals surface area contributed by atoms with Crippen LogP contribution in [-0.4, -0.2) is 15.9 Å². The van der Waals surface area contributed by atoms with E-state index in [1.165, 1.54) is 0 Å². The van der Waals surface area contributed by atoms with Gasteiger partial charge in [0.2, 0.25) is 0 Å². The first-order chi connectivity index (χ1) is 7.77. The molecule has 0 saturated heterocycles. The van der Waals surface area contributed by atoms with Crippen molar-refractivity contribution in [3.8, 4) is 0 Å². The number of rotatable bonds is 3. The first kappa shape index (κ1) is 10.2. The predicted molar refractivity (Wildman–Crippen MR) is 60.6 cm³/mol. The van der Waals surface area contributed by atoms with Crippen LogP contribution < -0.4 is 11.1 Å². The van der Waals surface area contributed by atoms with Crippen LogP contribution in [0.5, 0.6) is 0 Å². The van der Waals surface area contributed by atoms with E-state index < -0.39 is 0 Å². The molecule has 2 aromatic rings. The van der Waals surface area contributed by atoms with Crippen LogP contribution in [0.1, 0.15) is 16.2 Å². The molecule has 0 aliphatic carbocycles. The van der Waals surface area contributed by atoms with Crippen LogP contribution in [0, 0.1) is 0 Å². The largest absolute Gasteiger partial charge is 0.398 e. The number of nitrogens with one attached hydrogen (secondary N) is 2. The Morgan fingerprint density at radius 3 is 2.94 bits per heavy atom. The van der Waals surface area contributed by atoms with Crippen molar-refractivity contribution >= 4 is 11.6 Å². The van der Waals surface area contributed by atoms with E-state index in [4.69, 9.17) is 5.73 Å². The van der Waals surface area contributed by atoms with E-state index in [1.54, 1.807) is 36.7 Å². The van der Waals surface area contributed by atoms with Gasteiger partial charge in [0.25, 0.3) is 5.91 Å². The fourth-order valence-corrected chi connectivity index (χ4v) is 1.36. The molecule has 5 heteroatoms. The van der Waals surface area contributed by atoms with Crippen LogP contribution in [-0.2, 0) is 6.54 Å². The van der Waals surface area contributed by atoms with E-state index in [-0.39, 0.29) is 5.91 Å². The zero-order chi connectivity index (χ0) is 11.4. The molecule has 1 heterocycles. The number of para-hydroxylation sites is 1. The molecular weight excluding hydrogens is 204 g/mol. The highest BCUT2D eigenvalue weighted by molar-refractivity contribution is 5.98. The topological polar surface area (TPSA) is 83.8 Å². The van der Waals surface area contributed by atoms with Gasteiger partial charge in [-0.25, -0.2) is 4.98 Å². The Bertz CT molecular complexity index is 478. The minimum absolute atomic E-state index is 0.200. The summed E-state index contributed by atoms with van der Waals surface area (Å²) in [7, 11) is 0. The summed E-state index contributed by atoms with van der Waals surface area (Å²) < 4.78 is 0. The van der Waals surface area contributed by atoms with Gasteiger partial charge in [-0.05, 0) is 12.1 Å². The maximum absolute atomic E-state index is 11.7. The van der Waals surface area contributed by atoms with Crippen LogP contribution in [0.15, 0.2) is 36.7 Å². The number of benzene rings is 1. The summed E-state index contributed by atoms with van der Waals surface area (Å²) in [5, 5.41) is 2.73. The minimum atomic E-state index is -0.200. The maximum Gasteiger partial charge on any atom is 0.253 e. The van der Waals surface area contributed by atoms with E-state index >= 15 is 0 Å². The van der Waals surface area contributed by atoms with Crippen LogP contribution in [0.2, 0.25) is 0 Å². The molecule has 0 atom stereocenters. The SMILES string of the molecule is Nc1ccccc1C(=O)NCc1ncc[nH]1. The second-order valence-electron chi connectivity index (χ2n) is 3.31. The lowest BCUT2D eigenvalue weighted by atomic mass is 10.1. The summed E-state index contributed by atoms with van der Waals surface area (Å²) in [5.74, 6) is 0.511. The summed E-state index contributed by atoms with van der Waals surface area (Å²) in [6.45, 7) is 0.361. The number of nitrogens with two attached hydrogens (primary N) is 1. The Morgan fingerprint density at radius 2 is 2.25 bits per heavy atom. The molecule has 4 N–H and O–H groups in total. The quantitative estimate of drug-likeness (QED) is 0.667. The van der Waals surface area contributed by atoms with Gasteiger partial charge in [0, 0.05) is 18.1 Å². The number of amides is 1. The van der Waals surface area contributed by atoms with E-state index in [9.17, 15) is 4.79 Å². The van der Waals surface area contributed by atoms with Gasteiger partial charge in [-0.3, -0.25) is 4.79 Å². The Balaban J connectivity index is 2.01. The number of nitrogen functional groups attached to an aromatic ring is 1. The molecule has 0 aliphatic rings. The molecule has 1 aromatic heterocycles. The average Bonchev–Trinajstić information content (AvgIpc) is 2.79. The molecule has 0 fully saturated rings. The Labute approximate surface area is 92.7 Å². The Morgan fingerprint density at radius 1 is 1.44 bits per heavy atom. The fourth-order valence-electron chi connectivity index (χ4n) is 1.36. The van der Waals surface area contributed by atoms with Gasteiger partial charge >= 0.3 is 0 Å². The van der Waals surface area contributed by atoms with Gasteiger partial charge in [0.1, 0.15) is 5.82 Å². The highest BCUT2D eigenvalue weighted by atomic mass is 16.1. The number of nitrogens with zero attached hydrogens (tertiary/aromatic N) is 1. The zero-order valence-electron chi connectivity index (χ0n) is 8.60. The van der Waals surface area contributed by atoms with Gasteiger partial charge in [-0.2, -0.15) is 0 Å². The van der Waals surface area contributed by atoms with Crippen molar-refractivity contribution in [2.24, 2.45) is 0 Å². The van der Waals surface area contributed by atoms with Crippen molar-refractivity contribution in [2.45, 2.75) is 6.54 Å². The lowest BCUT2D eigenvalue weighted by Gasteiger charge is -2.05. The number of aromatic amines is 1. The molecule has 16 heavy (non-hydrogen) atoms. The van der Waals surface area contributed by atoms with Crippen molar-refractivity contribution < 1.29 is 4.79 Å². The molecule has 0 radical (unpaired) electrons.